The molecule has 4 heteroatoms. The highest BCUT2D eigenvalue weighted by Crippen LogP contribution is 2.05. The van der Waals surface area contributed by atoms with Gasteiger partial charge in [0.15, 0.2) is 0 Å². The molecule has 1 aromatic rings. The first-order valence-electron chi connectivity index (χ1n) is 4.86. The highest BCUT2D eigenvalue weighted by atomic mass is 17.0. The number of rotatable bonds is 5. The van der Waals surface area contributed by atoms with Crippen molar-refractivity contribution in [2.45, 2.75) is 13.8 Å². The number of carbonyl (C=O) groups is 1. The number of hydrogen-bond acceptors (Lipinski definition) is 3. The monoisotopic (exact) mass is 208 g/mol. The molecule has 0 saturated carbocycles. The molecule has 0 heterocycles. The normalized spacial score (nSPS) is 10.0. The van der Waals surface area contributed by atoms with E-state index >= 15 is 0 Å². The van der Waals surface area contributed by atoms with Crippen molar-refractivity contribution in [2.75, 3.05) is 13.2 Å². The summed E-state index contributed by atoms with van der Waals surface area (Å²) in [6.45, 7) is 4.34. The molecule has 0 N–H and O–H groups in total. The quantitative estimate of drug-likeness (QED) is 0.693. The summed E-state index contributed by atoms with van der Waals surface area (Å²) in [4.78, 5) is 21.9. The van der Waals surface area contributed by atoms with Gasteiger partial charge in [0.1, 0.15) is 0 Å². The van der Waals surface area contributed by atoms with Crippen molar-refractivity contribution < 1.29 is 14.5 Å². The zero-order chi connectivity index (χ0) is 11.1. The maximum absolute atomic E-state index is 11.8. The molecule has 0 atom stereocenters. The summed E-state index contributed by atoms with van der Waals surface area (Å²) in [5.41, 5.74) is 0.510. The summed E-state index contributed by atoms with van der Waals surface area (Å²) in [5, 5.41) is 0.912. The molecule has 1 aromatic carbocycles. The Balaban J connectivity index is 2.71. The molecule has 81 valence electrons. The number of benzene rings is 1. The van der Waals surface area contributed by atoms with Crippen LogP contribution in [0.4, 0.5) is 0 Å². The van der Waals surface area contributed by atoms with Gasteiger partial charge in [-0.1, -0.05) is 17.4 Å². The Labute approximate surface area is 89.3 Å². The number of carbonyl (C=O) groups excluding carboxylic acids is 1. The highest BCUT2D eigenvalue weighted by Gasteiger charge is 2.16. The van der Waals surface area contributed by atoms with E-state index in [2.05, 4.69) is 6.07 Å². The standard InChI is InChI=1S/C11H14NO3/c1-3-14-12(15-4-2)11(13)10-8-6-5-7-9-10/h6-9H,3-4H2,1-2H3. The highest BCUT2D eigenvalue weighted by molar-refractivity contribution is 5.92. The fourth-order valence-electron chi connectivity index (χ4n) is 1.02. The lowest BCUT2D eigenvalue weighted by Crippen LogP contribution is -2.31. The first kappa shape index (κ1) is 11.7. The predicted molar refractivity (Wildman–Crippen MR) is 54.7 cm³/mol. The zero-order valence-electron chi connectivity index (χ0n) is 8.90. The van der Waals surface area contributed by atoms with Crippen LogP contribution < -0.4 is 0 Å². The van der Waals surface area contributed by atoms with Crippen molar-refractivity contribution in [3.63, 3.8) is 0 Å². The maximum atomic E-state index is 11.8. The molecule has 15 heavy (non-hydrogen) atoms. The lowest BCUT2D eigenvalue weighted by Gasteiger charge is -2.18. The topological polar surface area (TPSA) is 38.8 Å². The van der Waals surface area contributed by atoms with Crippen LogP contribution in [0.25, 0.3) is 0 Å². The van der Waals surface area contributed by atoms with E-state index in [0.29, 0.717) is 18.8 Å². The van der Waals surface area contributed by atoms with Gasteiger partial charge in [0.2, 0.25) is 0 Å². The third kappa shape index (κ3) is 3.34. The summed E-state index contributed by atoms with van der Waals surface area (Å²) in [6.07, 6.45) is 0. The minimum atomic E-state index is -0.312. The number of hydroxylamine groups is 2. The van der Waals surface area contributed by atoms with Crippen LogP contribution in [0.1, 0.15) is 24.2 Å². The van der Waals surface area contributed by atoms with Crippen LogP contribution in [0.15, 0.2) is 24.3 Å². The molecule has 0 unspecified atom stereocenters. The van der Waals surface area contributed by atoms with Gasteiger partial charge in [-0.2, -0.15) is 0 Å². The summed E-state index contributed by atoms with van der Waals surface area (Å²) in [6, 6.07) is 9.50. The van der Waals surface area contributed by atoms with Crippen molar-refractivity contribution in [1.29, 1.82) is 0 Å². The molecule has 0 saturated heterocycles. The van der Waals surface area contributed by atoms with Crippen molar-refractivity contribution in [1.82, 2.24) is 5.23 Å². The largest absolute Gasteiger partial charge is 0.303 e. The fraction of sp³-hybridized carbons (Fsp3) is 0.364. The van der Waals surface area contributed by atoms with E-state index in [1.165, 1.54) is 0 Å². The molecule has 0 aromatic heterocycles. The van der Waals surface area contributed by atoms with E-state index in [9.17, 15) is 4.79 Å². The van der Waals surface area contributed by atoms with E-state index < -0.39 is 0 Å². The first-order valence-corrected chi connectivity index (χ1v) is 4.86. The van der Waals surface area contributed by atoms with Crippen LogP contribution in [0.5, 0.6) is 0 Å². The van der Waals surface area contributed by atoms with Gasteiger partial charge in [0.05, 0.1) is 13.2 Å². The smallest absolute Gasteiger partial charge is 0.264 e. The molecule has 1 rings (SSSR count). The van der Waals surface area contributed by atoms with E-state index in [-0.39, 0.29) is 5.91 Å². The van der Waals surface area contributed by atoms with Gasteiger partial charge in [-0.3, -0.25) is 4.79 Å². The molecular formula is C11H14NO3. The van der Waals surface area contributed by atoms with Gasteiger partial charge in [-0.25, -0.2) is 9.68 Å². The van der Waals surface area contributed by atoms with Gasteiger partial charge in [-0.05, 0) is 32.0 Å². The van der Waals surface area contributed by atoms with Gasteiger partial charge in [0.25, 0.3) is 0 Å². The van der Waals surface area contributed by atoms with Crippen LogP contribution in [0.3, 0.4) is 0 Å². The second-order valence-electron chi connectivity index (χ2n) is 2.69. The van der Waals surface area contributed by atoms with E-state index in [1.807, 2.05) is 0 Å². The Hall–Kier alpha value is -1.39. The number of hydrogen-bond donors (Lipinski definition) is 0. The minimum absolute atomic E-state index is 0.312. The third-order valence-corrected chi connectivity index (χ3v) is 1.62. The minimum Gasteiger partial charge on any atom is -0.264 e. The molecule has 0 aliphatic rings. The molecule has 4 nitrogen and oxygen atoms in total. The van der Waals surface area contributed by atoms with Crippen molar-refractivity contribution in [3.05, 3.63) is 35.9 Å². The van der Waals surface area contributed by atoms with Crippen LogP contribution in [0, 0.1) is 6.07 Å². The number of amides is 1. The van der Waals surface area contributed by atoms with Gasteiger partial charge in [-0.15, -0.1) is 0 Å². The van der Waals surface area contributed by atoms with Crippen LogP contribution in [-0.4, -0.2) is 24.3 Å². The molecule has 0 aliphatic carbocycles. The van der Waals surface area contributed by atoms with Crippen molar-refractivity contribution >= 4 is 5.91 Å². The third-order valence-electron chi connectivity index (χ3n) is 1.62. The SMILES string of the molecule is CCON(OCC)C(=O)c1cc[c]cc1. The van der Waals surface area contributed by atoms with Crippen LogP contribution in [-0.2, 0) is 9.68 Å². The van der Waals surface area contributed by atoms with E-state index in [1.54, 1.807) is 38.1 Å². The second kappa shape index (κ2) is 6.16. The average molecular weight is 208 g/mol. The summed E-state index contributed by atoms with van der Waals surface area (Å²) in [5.74, 6) is -0.312. The summed E-state index contributed by atoms with van der Waals surface area (Å²) < 4.78 is 0. The maximum Gasteiger partial charge on any atom is 0.303 e. The van der Waals surface area contributed by atoms with E-state index in [0.717, 1.165) is 5.23 Å². The fourth-order valence-corrected chi connectivity index (χ4v) is 1.02. The van der Waals surface area contributed by atoms with Crippen molar-refractivity contribution in [2.24, 2.45) is 0 Å². The Morgan fingerprint density at radius 2 is 1.80 bits per heavy atom. The number of nitrogens with zero attached hydrogens (tertiary/aromatic N) is 1. The molecule has 0 fully saturated rings. The first-order chi connectivity index (χ1) is 7.29. The van der Waals surface area contributed by atoms with Crippen LogP contribution >= 0.6 is 0 Å². The lowest BCUT2D eigenvalue weighted by molar-refractivity contribution is -0.323. The predicted octanol–water partition coefficient (Wildman–Crippen LogP) is 1.83. The molecule has 0 bridgehead atoms. The van der Waals surface area contributed by atoms with Gasteiger partial charge >= 0.3 is 5.91 Å². The van der Waals surface area contributed by atoms with Gasteiger partial charge in [0, 0.05) is 5.56 Å². The molecule has 1 radical (unpaired) electrons. The Bertz CT molecular complexity index is 294. The second-order valence-corrected chi connectivity index (χ2v) is 2.69. The molecule has 0 spiro atoms. The van der Waals surface area contributed by atoms with Crippen molar-refractivity contribution in [3.8, 4) is 0 Å². The average Bonchev–Trinajstić information content (AvgIpc) is 2.29. The summed E-state index contributed by atoms with van der Waals surface area (Å²) in [7, 11) is 0. The van der Waals surface area contributed by atoms with Gasteiger partial charge < -0.3 is 0 Å². The summed E-state index contributed by atoms with van der Waals surface area (Å²) >= 11 is 0. The van der Waals surface area contributed by atoms with E-state index in [4.69, 9.17) is 9.68 Å². The Kier molecular flexibility index (Phi) is 4.80. The molecular weight excluding hydrogens is 194 g/mol. The lowest BCUT2D eigenvalue weighted by atomic mass is 10.2. The molecule has 0 aliphatic heterocycles. The Morgan fingerprint density at radius 3 is 2.27 bits per heavy atom. The Morgan fingerprint density at radius 1 is 1.27 bits per heavy atom. The molecule has 1 amide bonds. The zero-order valence-corrected chi connectivity index (χ0v) is 8.90. The van der Waals surface area contributed by atoms with Crippen LogP contribution in [0.2, 0.25) is 0 Å².